The second-order valence-electron chi connectivity index (χ2n) is 7.00. The Labute approximate surface area is 162 Å². The number of nitrogens with zero attached hydrogens (tertiary/aromatic N) is 3. The molecule has 0 aliphatic rings. The molecule has 0 bridgehead atoms. The van der Waals surface area contributed by atoms with Gasteiger partial charge in [0.15, 0.2) is 5.65 Å². The number of nitrogens with one attached hydrogen (secondary N) is 2. The largest absolute Gasteiger partial charge is 0.340 e. The molecule has 28 heavy (non-hydrogen) atoms. The molecule has 0 spiro atoms. The van der Waals surface area contributed by atoms with Crippen LogP contribution < -0.4 is 10.6 Å². The van der Waals surface area contributed by atoms with E-state index in [-0.39, 0.29) is 17.4 Å². The van der Waals surface area contributed by atoms with Crippen LogP contribution in [0.2, 0.25) is 0 Å². The van der Waals surface area contributed by atoms with E-state index in [0.717, 1.165) is 16.7 Å². The van der Waals surface area contributed by atoms with E-state index in [1.54, 1.807) is 17.9 Å². The average molecular weight is 383 g/mol. The van der Waals surface area contributed by atoms with Crippen LogP contribution in [-0.4, -0.2) is 32.6 Å². The SMILES string of the molecule is Cc1nn(C)c2ncc(NC(=O)C(NC(=O)c3ccc(F)cc3)C(C)C)cc12. The lowest BCUT2D eigenvalue weighted by Gasteiger charge is -2.21. The summed E-state index contributed by atoms with van der Waals surface area (Å²) < 4.78 is 14.7. The molecule has 0 aliphatic heterocycles. The second kappa shape index (κ2) is 7.75. The maximum Gasteiger partial charge on any atom is 0.251 e. The highest BCUT2D eigenvalue weighted by molar-refractivity contribution is 6.01. The molecule has 7 nitrogen and oxygen atoms in total. The maximum atomic E-state index is 13.0. The summed E-state index contributed by atoms with van der Waals surface area (Å²) in [6.45, 7) is 5.54. The minimum atomic E-state index is -0.761. The van der Waals surface area contributed by atoms with Crippen LogP contribution in [0.1, 0.15) is 29.9 Å². The minimum Gasteiger partial charge on any atom is -0.340 e. The van der Waals surface area contributed by atoms with Crippen LogP contribution in [0, 0.1) is 18.7 Å². The zero-order valence-corrected chi connectivity index (χ0v) is 16.2. The third-order valence-electron chi connectivity index (χ3n) is 4.47. The molecule has 3 rings (SSSR count). The van der Waals surface area contributed by atoms with E-state index in [2.05, 4.69) is 20.7 Å². The lowest BCUT2D eigenvalue weighted by molar-refractivity contribution is -0.118. The monoisotopic (exact) mass is 383 g/mol. The Balaban J connectivity index is 1.76. The van der Waals surface area contributed by atoms with E-state index in [4.69, 9.17) is 0 Å². The fourth-order valence-electron chi connectivity index (χ4n) is 2.96. The number of hydrogen-bond donors (Lipinski definition) is 2. The third kappa shape index (κ3) is 4.00. The predicted molar refractivity (Wildman–Crippen MR) is 104 cm³/mol. The molecule has 0 saturated heterocycles. The molecule has 0 fully saturated rings. The van der Waals surface area contributed by atoms with Crippen molar-refractivity contribution >= 4 is 28.5 Å². The van der Waals surface area contributed by atoms with Gasteiger partial charge < -0.3 is 10.6 Å². The number of carbonyl (C=O) groups is 2. The van der Waals surface area contributed by atoms with Crippen molar-refractivity contribution in [2.24, 2.45) is 13.0 Å². The zero-order valence-electron chi connectivity index (χ0n) is 16.2. The minimum absolute atomic E-state index is 0.152. The van der Waals surface area contributed by atoms with Crippen molar-refractivity contribution in [1.82, 2.24) is 20.1 Å². The third-order valence-corrected chi connectivity index (χ3v) is 4.47. The number of aromatic nitrogens is 3. The zero-order chi connectivity index (χ0) is 20.4. The van der Waals surface area contributed by atoms with Crippen LogP contribution in [0.5, 0.6) is 0 Å². The maximum absolute atomic E-state index is 13.0. The van der Waals surface area contributed by atoms with Gasteiger partial charge in [-0.15, -0.1) is 0 Å². The number of amides is 2. The van der Waals surface area contributed by atoms with Gasteiger partial charge in [-0.1, -0.05) is 13.8 Å². The van der Waals surface area contributed by atoms with Crippen molar-refractivity contribution in [2.75, 3.05) is 5.32 Å². The van der Waals surface area contributed by atoms with Gasteiger partial charge in [-0.2, -0.15) is 5.10 Å². The Morgan fingerprint density at radius 2 is 1.86 bits per heavy atom. The number of hydrogen-bond acceptors (Lipinski definition) is 4. The highest BCUT2D eigenvalue weighted by Crippen LogP contribution is 2.20. The number of aryl methyl sites for hydroxylation is 2. The first-order chi connectivity index (χ1) is 13.3. The van der Waals surface area contributed by atoms with Crippen molar-refractivity contribution in [2.45, 2.75) is 26.8 Å². The van der Waals surface area contributed by atoms with Gasteiger partial charge in [0, 0.05) is 18.0 Å². The topological polar surface area (TPSA) is 88.9 Å². The van der Waals surface area contributed by atoms with Crippen molar-refractivity contribution < 1.29 is 14.0 Å². The molecule has 2 heterocycles. The molecule has 1 atom stereocenters. The van der Waals surface area contributed by atoms with E-state index in [9.17, 15) is 14.0 Å². The molecule has 1 unspecified atom stereocenters. The summed E-state index contributed by atoms with van der Waals surface area (Å²) in [5.74, 6) is -1.37. The Morgan fingerprint density at radius 1 is 1.18 bits per heavy atom. The summed E-state index contributed by atoms with van der Waals surface area (Å²) in [6.07, 6.45) is 1.56. The second-order valence-corrected chi connectivity index (χ2v) is 7.00. The number of fused-ring (bicyclic) bond motifs is 1. The summed E-state index contributed by atoms with van der Waals surface area (Å²) in [7, 11) is 1.81. The van der Waals surface area contributed by atoms with E-state index in [0.29, 0.717) is 5.69 Å². The number of rotatable bonds is 5. The smallest absolute Gasteiger partial charge is 0.251 e. The summed E-state index contributed by atoms with van der Waals surface area (Å²) in [5.41, 5.74) is 2.34. The van der Waals surface area contributed by atoms with Gasteiger partial charge in [0.05, 0.1) is 17.6 Å². The standard InChI is InChI=1S/C20H22FN5O2/c1-11(2)17(24-19(27)13-5-7-14(21)8-6-13)20(28)23-15-9-16-12(3)25-26(4)18(16)22-10-15/h5-11,17H,1-4H3,(H,23,28)(H,24,27). The Bertz CT molecular complexity index is 1030. The fourth-order valence-corrected chi connectivity index (χ4v) is 2.96. The summed E-state index contributed by atoms with van der Waals surface area (Å²) in [5, 5.41) is 10.7. The van der Waals surface area contributed by atoms with Gasteiger partial charge >= 0.3 is 0 Å². The summed E-state index contributed by atoms with van der Waals surface area (Å²) >= 11 is 0. The normalized spacial score (nSPS) is 12.2. The van der Waals surface area contributed by atoms with Crippen LogP contribution in [0.25, 0.3) is 11.0 Å². The fraction of sp³-hybridized carbons (Fsp3) is 0.300. The van der Waals surface area contributed by atoms with Gasteiger partial charge in [-0.05, 0) is 43.2 Å². The van der Waals surface area contributed by atoms with Crippen LogP contribution in [0.3, 0.4) is 0 Å². The van der Waals surface area contributed by atoms with Crippen LogP contribution in [0.4, 0.5) is 10.1 Å². The Kier molecular flexibility index (Phi) is 5.39. The van der Waals surface area contributed by atoms with Crippen LogP contribution in [0.15, 0.2) is 36.5 Å². The quantitative estimate of drug-likeness (QED) is 0.709. The number of halogens is 1. The highest BCUT2D eigenvalue weighted by atomic mass is 19.1. The Hall–Kier alpha value is -3.29. The van der Waals surface area contributed by atoms with Gasteiger partial charge in [0.1, 0.15) is 11.9 Å². The van der Waals surface area contributed by atoms with Gasteiger partial charge in [-0.3, -0.25) is 14.3 Å². The van der Waals surface area contributed by atoms with Crippen molar-refractivity contribution in [3.63, 3.8) is 0 Å². The lowest BCUT2D eigenvalue weighted by atomic mass is 10.0. The molecule has 8 heteroatoms. The molecule has 0 saturated carbocycles. The number of benzene rings is 1. The highest BCUT2D eigenvalue weighted by Gasteiger charge is 2.25. The predicted octanol–water partition coefficient (Wildman–Crippen LogP) is 2.81. The number of carbonyl (C=O) groups excluding carboxylic acids is 2. The average Bonchev–Trinajstić information content (AvgIpc) is 2.93. The number of pyridine rings is 1. The first-order valence-electron chi connectivity index (χ1n) is 8.93. The van der Waals surface area contributed by atoms with Crippen molar-refractivity contribution in [3.8, 4) is 0 Å². The molecular formula is C20H22FN5O2. The van der Waals surface area contributed by atoms with Gasteiger partial charge in [0.25, 0.3) is 5.91 Å². The first-order valence-corrected chi connectivity index (χ1v) is 8.93. The van der Waals surface area contributed by atoms with Gasteiger partial charge in [-0.25, -0.2) is 9.37 Å². The number of anilines is 1. The van der Waals surface area contributed by atoms with Crippen molar-refractivity contribution in [3.05, 3.63) is 53.6 Å². The van der Waals surface area contributed by atoms with Gasteiger partial charge in [0.2, 0.25) is 5.91 Å². The molecular weight excluding hydrogens is 361 g/mol. The first kappa shape index (κ1) is 19.5. The molecule has 2 N–H and O–H groups in total. The Morgan fingerprint density at radius 3 is 2.50 bits per heavy atom. The molecule has 0 radical (unpaired) electrons. The summed E-state index contributed by atoms with van der Waals surface area (Å²) in [4.78, 5) is 29.5. The van der Waals surface area contributed by atoms with E-state index >= 15 is 0 Å². The summed E-state index contributed by atoms with van der Waals surface area (Å²) in [6, 6.07) is 6.21. The van der Waals surface area contributed by atoms with Crippen LogP contribution >= 0.6 is 0 Å². The van der Waals surface area contributed by atoms with E-state index in [1.807, 2.05) is 26.8 Å². The lowest BCUT2D eigenvalue weighted by Crippen LogP contribution is -2.47. The van der Waals surface area contributed by atoms with E-state index in [1.165, 1.54) is 24.3 Å². The molecule has 2 amide bonds. The molecule has 1 aromatic carbocycles. The van der Waals surface area contributed by atoms with E-state index < -0.39 is 17.8 Å². The van der Waals surface area contributed by atoms with Crippen LogP contribution in [-0.2, 0) is 11.8 Å². The van der Waals surface area contributed by atoms with Crippen molar-refractivity contribution in [1.29, 1.82) is 0 Å². The molecule has 3 aromatic rings. The molecule has 146 valence electrons. The molecule has 2 aromatic heterocycles. The molecule has 0 aliphatic carbocycles.